The molecular weight excluding hydrogens is 324 g/mol. The van der Waals surface area contributed by atoms with E-state index in [1.54, 1.807) is 4.57 Å². The van der Waals surface area contributed by atoms with Crippen LogP contribution >= 0.6 is 11.8 Å². The Bertz CT molecular complexity index is 696. The van der Waals surface area contributed by atoms with Crippen LogP contribution in [0, 0.1) is 0 Å². The first-order chi connectivity index (χ1) is 11.6. The standard InChI is InChI=1S/C17H24N4O2S/c1-3-4-11-21-16(23)19-20-17(21)24-12-10-15(22)18-13(2)14-8-6-5-7-9-14/h5-9,13H,3-4,10-12H2,1-2H3,(H,18,22)(H,19,23)/t13-/m0/s1. The van der Waals surface area contributed by atoms with E-state index in [0.717, 1.165) is 18.4 Å². The molecule has 1 aromatic heterocycles. The molecule has 130 valence electrons. The summed E-state index contributed by atoms with van der Waals surface area (Å²) < 4.78 is 1.64. The third kappa shape index (κ3) is 5.26. The molecule has 0 bridgehead atoms. The number of aromatic amines is 1. The third-order valence-electron chi connectivity index (χ3n) is 3.70. The fourth-order valence-corrected chi connectivity index (χ4v) is 3.21. The number of hydrogen-bond donors (Lipinski definition) is 2. The van der Waals surface area contributed by atoms with Crippen molar-refractivity contribution in [1.82, 2.24) is 20.1 Å². The maximum atomic E-state index is 12.1. The largest absolute Gasteiger partial charge is 0.350 e. The van der Waals surface area contributed by atoms with Gasteiger partial charge in [0.05, 0.1) is 6.04 Å². The van der Waals surface area contributed by atoms with Gasteiger partial charge in [-0.15, -0.1) is 5.10 Å². The lowest BCUT2D eigenvalue weighted by molar-refractivity contribution is -0.121. The summed E-state index contributed by atoms with van der Waals surface area (Å²) in [7, 11) is 0. The van der Waals surface area contributed by atoms with Crippen molar-refractivity contribution in [3.05, 3.63) is 46.4 Å². The van der Waals surface area contributed by atoms with Crippen molar-refractivity contribution in [2.24, 2.45) is 0 Å². The van der Waals surface area contributed by atoms with Crippen molar-refractivity contribution in [2.75, 3.05) is 5.75 Å². The summed E-state index contributed by atoms with van der Waals surface area (Å²) in [6, 6.07) is 9.85. The summed E-state index contributed by atoms with van der Waals surface area (Å²) in [4.78, 5) is 23.8. The molecule has 0 radical (unpaired) electrons. The predicted molar refractivity (Wildman–Crippen MR) is 96.1 cm³/mol. The summed E-state index contributed by atoms with van der Waals surface area (Å²) in [5.41, 5.74) is 0.896. The van der Waals surface area contributed by atoms with Crippen LogP contribution in [0.25, 0.3) is 0 Å². The molecule has 0 aliphatic heterocycles. The van der Waals surface area contributed by atoms with E-state index < -0.39 is 0 Å². The van der Waals surface area contributed by atoms with Crippen LogP contribution in [-0.2, 0) is 11.3 Å². The van der Waals surface area contributed by atoms with E-state index in [0.29, 0.717) is 23.9 Å². The fourth-order valence-electron chi connectivity index (χ4n) is 2.30. The van der Waals surface area contributed by atoms with Crippen LogP contribution in [0.2, 0.25) is 0 Å². The van der Waals surface area contributed by atoms with Gasteiger partial charge in [-0.05, 0) is 18.9 Å². The van der Waals surface area contributed by atoms with Gasteiger partial charge in [0.2, 0.25) is 5.91 Å². The van der Waals surface area contributed by atoms with Gasteiger partial charge in [0.25, 0.3) is 0 Å². The van der Waals surface area contributed by atoms with Crippen LogP contribution in [0.3, 0.4) is 0 Å². The minimum atomic E-state index is -0.187. The van der Waals surface area contributed by atoms with Gasteiger partial charge in [0.15, 0.2) is 5.16 Å². The normalized spacial score (nSPS) is 12.1. The molecule has 0 saturated heterocycles. The van der Waals surface area contributed by atoms with E-state index in [9.17, 15) is 9.59 Å². The Morgan fingerprint density at radius 2 is 2.12 bits per heavy atom. The highest BCUT2D eigenvalue weighted by Gasteiger charge is 2.12. The highest BCUT2D eigenvalue weighted by Crippen LogP contribution is 2.16. The Morgan fingerprint density at radius 3 is 2.83 bits per heavy atom. The number of amides is 1. The van der Waals surface area contributed by atoms with E-state index in [-0.39, 0.29) is 17.6 Å². The minimum absolute atomic E-state index is 0.00292. The second kappa shape index (κ2) is 9.32. The first kappa shape index (κ1) is 18.3. The average molecular weight is 348 g/mol. The fraction of sp³-hybridized carbons (Fsp3) is 0.471. The first-order valence-electron chi connectivity index (χ1n) is 8.24. The predicted octanol–water partition coefficient (Wildman–Crippen LogP) is 2.73. The molecule has 1 amide bonds. The number of nitrogens with zero attached hydrogens (tertiary/aromatic N) is 2. The SMILES string of the molecule is CCCCn1c(SCCC(=O)N[C@@H](C)c2ccccc2)n[nH]c1=O. The molecule has 0 saturated carbocycles. The number of thioether (sulfide) groups is 1. The average Bonchev–Trinajstić information content (AvgIpc) is 2.93. The molecule has 2 aromatic rings. The smallest absolute Gasteiger partial charge is 0.343 e. The number of unbranched alkanes of at least 4 members (excludes halogenated alkanes) is 1. The second-order valence-corrected chi connectivity index (χ2v) is 6.68. The number of hydrogen-bond acceptors (Lipinski definition) is 4. The van der Waals surface area contributed by atoms with Crippen molar-refractivity contribution in [3.8, 4) is 0 Å². The lowest BCUT2D eigenvalue weighted by atomic mass is 10.1. The van der Waals surface area contributed by atoms with Crippen molar-refractivity contribution in [3.63, 3.8) is 0 Å². The van der Waals surface area contributed by atoms with Gasteiger partial charge in [-0.2, -0.15) is 0 Å². The first-order valence-corrected chi connectivity index (χ1v) is 9.22. The number of carbonyl (C=O) groups is 1. The van der Waals surface area contributed by atoms with Crippen molar-refractivity contribution < 1.29 is 4.79 Å². The molecule has 2 N–H and O–H groups in total. The highest BCUT2D eigenvalue weighted by molar-refractivity contribution is 7.99. The Labute approximate surface area is 146 Å². The van der Waals surface area contributed by atoms with Gasteiger partial charge in [-0.1, -0.05) is 55.4 Å². The zero-order valence-electron chi connectivity index (χ0n) is 14.1. The molecule has 1 aromatic carbocycles. The van der Waals surface area contributed by atoms with E-state index in [4.69, 9.17) is 0 Å². The summed E-state index contributed by atoms with van der Waals surface area (Å²) in [6.07, 6.45) is 2.33. The molecule has 7 heteroatoms. The lowest BCUT2D eigenvalue weighted by Crippen LogP contribution is -2.26. The van der Waals surface area contributed by atoms with Gasteiger partial charge >= 0.3 is 5.69 Å². The molecule has 0 spiro atoms. The zero-order chi connectivity index (χ0) is 17.4. The lowest BCUT2D eigenvalue weighted by Gasteiger charge is -2.14. The third-order valence-corrected chi connectivity index (χ3v) is 4.67. The quantitative estimate of drug-likeness (QED) is 0.683. The van der Waals surface area contributed by atoms with Crippen LogP contribution in [0.5, 0.6) is 0 Å². The summed E-state index contributed by atoms with van der Waals surface area (Å²) >= 11 is 1.43. The molecule has 0 aliphatic carbocycles. The Hall–Kier alpha value is -2.02. The Morgan fingerprint density at radius 1 is 1.38 bits per heavy atom. The number of rotatable bonds is 9. The summed E-state index contributed by atoms with van der Waals surface area (Å²) in [5, 5.41) is 10.1. The number of aromatic nitrogens is 3. The second-order valence-electron chi connectivity index (χ2n) is 5.61. The van der Waals surface area contributed by atoms with Crippen LogP contribution in [0.4, 0.5) is 0 Å². The topological polar surface area (TPSA) is 79.8 Å². The van der Waals surface area contributed by atoms with Crippen molar-refractivity contribution >= 4 is 17.7 Å². The van der Waals surface area contributed by atoms with Crippen molar-refractivity contribution in [1.29, 1.82) is 0 Å². The number of carbonyl (C=O) groups excluding carboxylic acids is 1. The van der Waals surface area contributed by atoms with E-state index in [1.807, 2.05) is 37.3 Å². The molecule has 1 atom stereocenters. The summed E-state index contributed by atoms with van der Waals surface area (Å²) in [5.74, 6) is 0.584. The molecule has 1 heterocycles. The molecule has 0 unspecified atom stereocenters. The van der Waals surface area contributed by atoms with Crippen molar-refractivity contribution in [2.45, 2.75) is 50.9 Å². The molecule has 2 rings (SSSR count). The number of nitrogens with one attached hydrogen (secondary N) is 2. The highest BCUT2D eigenvalue weighted by atomic mass is 32.2. The van der Waals surface area contributed by atoms with Gasteiger partial charge in [0.1, 0.15) is 0 Å². The molecular formula is C17H24N4O2S. The maximum absolute atomic E-state index is 12.1. The van der Waals surface area contributed by atoms with Crippen LogP contribution in [0.15, 0.2) is 40.3 Å². The Balaban J connectivity index is 1.80. The summed E-state index contributed by atoms with van der Waals surface area (Å²) in [6.45, 7) is 4.71. The van der Waals surface area contributed by atoms with Gasteiger partial charge in [-0.3, -0.25) is 9.36 Å². The molecule has 0 aliphatic rings. The van der Waals surface area contributed by atoms with E-state index in [2.05, 4.69) is 22.4 Å². The number of benzene rings is 1. The molecule has 6 nitrogen and oxygen atoms in total. The number of H-pyrrole nitrogens is 1. The molecule has 24 heavy (non-hydrogen) atoms. The van der Waals surface area contributed by atoms with Gasteiger partial charge < -0.3 is 5.32 Å². The van der Waals surface area contributed by atoms with Gasteiger partial charge in [-0.25, -0.2) is 9.89 Å². The van der Waals surface area contributed by atoms with Crippen LogP contribution in [-0.4, -0.2) is 26.4 Å². The van der Waals surface area contributed by atoms with E-state index >= 15 is 0 Å². The van der Waals surface area contributed by atoms with E-state index in [1.165, 1.54) is 11.8 Å². The zero-order valence-corrected chi connectivity index (χ0v) is 14.9. The van der Waals surface area contributed by atoms with Gasteiger partial charge in [0, 0.05) is 18.7 Å². The monoisotopic (exact) mass is 348 g/mol. The van der Waals surface area contributed by atoms with Crippen LogP contribution < -0.4 is 11.0 Å². The molecule has 0 fully saturated rings. The Kier molecular flexibility index (Phi) is 7.11. The maximum Gasteiger partial charge on any atom is 0.343 e. The van der Waals surface area contributed by atoms with Crippen LogP contribution in [0.1, 0.15) is 44.7 Å². The minimum Gasteiger partial charge on any atom is -0.350 e.